The summed E-state index contributed by atoms with van der Waals surface area (Å²) in [6.45, 7) is 2.52. The van der Waals surface area contributed by atoms with Gasteiger partial charge in [-0.25, -0.2) is 14.8 Å². The van der Waals surface area contributed by atoms with Crippen LogP contribution in [0.2, 0.25) is 0 Å². The molecule has 0 atom stereocenters. The highest BCUT2D eigenvalue weighted by Gasteiger charge is 2.48. The second-order valence-corrected chi connectivity index (χ2v) is 5.31. The molecule has 1 rings (SSSR count). The van der Waals surface area contributed by atoms with E-state index in [1.165, 1.54) is 20.8 Å². The maximum Gasteiger partial charge on any atom is 0.451 e. The molecule has 0 spiro atoms. The van der Waals surface area contributed by atoms with Gasteiger partial charge in [0.05, 0.1) is 25.5 Å². The molecule has 0 N–H and O–H groups in total. The van der Waals surface area contributed by atoms with E-state index < -0.39 is 65.6 Å². The Labute approximate surface area is 165 Å². The van der Waals surface area contributed by atoms with Crippen LogP contribution < -0.4 is 0 Å². The minimum atomic E-state index is -5.59. The van der Waals surface area contributed by atoms with Crippen LogP contribution in [0.25, 0.3) is 0 Å². The quantitative estimate of drug-likeness (QED) is 0.273. The van der Waals surface area contributed by atoms with Crippen LogP contribution in [0.3, 0.4) is 0 Å². The monoisotopic (exact) mass is 446 g/mol. The summed E-state index contributed by atoms with van der Waals surface area (Å²) in [5.41, 5.74) is -5.43. The molecule has 8 nitrogen and oxygen atoms in total. The summed E-state index contributed by atoms with van der Waals surface area (Å²) in [6, 6.07) is 0. The summed E-state index contributed by atoms with van der Waals surface area (Å²) >= 11 is 0. The minimum absolute atomic E-state index is 0.382. The van der Waals surface area contributed by atoms with Crippen LogP contribution in [0.5, 0.6) is 0 Å². The lowest BCUT2D eigenvalue weighted by molar-refractivity contribution is -0.159. The lowest BCUT2D eigenvalue weighted by Gasteiger charge is -2.20. The van der Waals surface area contributed by atoms with Gasteiger partial charge in [-0.2, -0.15) is 26.3 Å². The molecule has 30 heavy (non-hydrogen) atoms. The van der Waals surface area contributed by atoms with E-state index in [1.54, 1.807) is 0 Å². The minimum Gasteiger partial charge on any atom is -0.465 e. The Balaban J connectivity index is 4.02. The number of rotatable bonds is 7. The maximum atomic E-state index is 13.5. The molecule has 0 aliphatic rings. The van der Waals surface area contributed by atoms with Gasteiger partial charge in [0.25, 0.3) is 0 Å². The van der Waals surface area contributed by atoms with E-state index in [-0.39, 0.29) is 13.2 Å². The lowest BCUT2D eigenvalue weighted by atomic mass is 9.98. The molecule has 0 aliphatic heterocycles. The number of alkyl halides is 6. The van der Waals surface area contributed by atoms with Crippen LogP contribution in [0.15, 0.2) is 0 Å². The van der Waals surface area contributed by atoms with Crippen molar-refractivity contribution in [3.05, 3.63) is 22.8 Å². The first-order valence-corrected chi connectivity index (χ1v) is 8.36. The predicted molar refractivity (Wildman–Crippen MR) is 84.0 cm³/mol. The van der Waals surface area contributed by atoms with Gasteiger partial charge in [-0.15, -0.1) is 0 Å². The Morgan fingerprint density at radius 1 is 0.800 bits per heavy atom. The molecular weight excluding hydrogens is 430 g/mol. The highest BCUT2D eigenvalue weighted by atomic mass is 19.4. The molecule has 0 fully saturated rings. The van der Waals surface area contributed by atoms with Gasteiger partial charge in [-0.3, -0.25) is 9.59 Å². The zero-order valence-electron chi connectivity index (χ0n) is 15.8. The summed E-state index contributed by atoms with van der Waals surface area (Å²) in [7, 11) is 0. The normalized spacial score (nSPS) is 11.9. The van der Waals surface area contributed by atoms with Gasteiger partial charge in [0, 0.05) is 0 Å². The number of halogens is 6. The molecule has 1 aromatic rings. The van der Waals surface area contributed by atoms with Gasteiger partial charge in [-0.1, -0.05) is 0 Å². The van der Waals surface area contributed by atoms with Crippen molar-refractivity contribution in [3.8, 4) is 0 Å². The smallest absolute Gasteiger partial charge is 0.451 e. The van der Waals surface area contributed by atoms with Gasteiger partial charge in [-0.05, 0) is 20.8 Å². The van der Waals surface area contributed by atoms with E-state index >= 15 is 0 Å². The molecule has 0 aliphatic carbocycles. The Kier molecular flexibility index (Phi) is 8.13. The number of hydrogen-bond acceptors (Lipinski definition) is 8. The van der Waals surface area contributed by atoms with Crippen molar-refractivity contribution in [2.45, 2.75) is 39.0 Å². The molecule has 0 saturated carbocycles. The fourth-order valence-electron chi connectivity index (χ4n) is 2.19. The topological polar surface area (TPSA) is 105 Å². The fourth-order valence-corrected chi connectivity index (χ4v) is 2.19. The van der Waals surface area contributed by atoms with Gasteiger partial charge in [0.1, 0.15) is 5.56 Å². The summed E-state index contributed by atoms with van der Waals surface area (Å²) < 4.78 is 93.4. The second kappa shape index (κ2) is 9.71. The second-order valence-electron chi connectivity index (χ2n) is 5.31. The molecular formula is C16H16F6N2O6. The zero-order chi connectivity index (χ0) is 23.3. The fraction of sp³-hybridized carbons (Fsp3) is 0.562. The number of nitrogens with zero attached hydrogens (tertiary/aromatic N) is 2. The molecule has 0 amide bonds. The lowest BCUT2D eigenvalue weighted by Crippen LogP contribution is -2.33. The van der Waals surface area contributed by atoms with Gasteiger partial charge < -0.3 is 14.2 Å². The first-order valence-electron chi connectivity index (χ1n) is 8.36. The van der Waals surface area contributed by atoms with Crippen molar-refractivity contribution < 1.29 is 54.9 Å². The average molecular weight is 446 g/mol. The SMILES string of the molecule is CCOC(=O)c1c(C(C(=O)OCC)C(=O)OCC)nc(C(F)(F)F)nc1C(F)(F)F. The van der Waals surface area contributed by atoms with Gasteiger partial charge >= 0.3 is 30.3 Å². The Bertz CT molecular complexity index is 791. The highest BCUT2D eigenvalue weighted by Crippen LogP contribution is 2.37. The van der Waals surface area contributed by atoms with Crippen LogP contribution in [-0.4, -0.2) is 47.7 Å². The Hall–Kier alpha value is -2.93. The molecule has 0 unspecified atom stereocenters. The summed E-state index contributed by atoms with van der Waals surface area (Å²) in [5.74, 6) is -9.76. The van der Waals surface area contributed by atoms with Crippen molar-refractivity contribution in [3.63, 3.8) is 0 Å². The van der Waals surface area contributed by atoms with E-state index in [0.717, 1.165) is 0 Å². The molecule has 168 valence electrons. The van der Waals surface area contributed by atoms with Crippen LogP contribution in [-0.2, 0) is 36.2 Å². The predicted octanol–water partition coefficient (Wildman–Crippen LogP) is 2.90. The van der Waals surface area contributed by atoms with E-state index in [1.807, 2.05) is 0 Å². The molecule has 0 aromatic carbocycles. The zero-order valence-corrected chi connectivity index (χ0v) is 15.8. The molecule has 1 heterocycles. The van der Waals surface area contributed by atoms with Gasteiger partial charge in [0.15, 0.2) is 11.6 Å². The number of carbonyl (C=O) groups is 3. The number of esters is 3. The molecule has 14 heteroatoms. The van der Waals surface area contributed by atoms with E-state index in [4.69, 9.17) is 0 Å². The third-order valence-corrected chi connectivity index (χ3v) is 3.26. The molecule has 0 bridgehead atoms. The summed E-state index contributed by atoms with van der Waals surface area (Å²) in [6.07, 6.45) is -11.1. The number of ether oxygens (including phenoxy) is 3. The number of aromatic nitrogens is 2. The van der Waals surface area contributed by atoms with E-state index in [2.05, 4.69) is 24.2 Å². The number of carbonyl (C=O) groups excluding carboxylic acids is 3. The molecule has 0 saturated heterocycles. The van der Waals surface area contributed by atoms with Crippen LogP contribution in [0.1, 0.15) is 54.3 Å². The van der Waals surface area contributed by atoms with Crippen molar-refractivity contribution in [2.24, 2.45) is 0 Å². The third-order valence-electron chi connectivity index (χ3n) is 3.26. The number of hydrogen-bond donors (Lipinski definition) is 0. The first kappa shape index (κ1) is 25.1. The van der Waals surface area contributed by atoms with Crippen molar-refractivity contribution >= 4 is 17.9 Å². The van der Waals surface area contributed by atoms with Crippen LogP contribution in [0.4, 0.5) is 26.3 Å². The van der Waals surface area contributed by atoms with E-state index in [0.29, 0.717) is 0 Å². The standard InChI is InChI=1S/C16H16F6N2O6/c1-4-28-11(25)7-9(8(12(26)29-5-2)13(27)30-6-3)23-14(16(20,21)22)24-10(7)15(17,18)19/h8H,4-6H2,1-3H3. The Morgan fingerprint density at radius 3 is 1.63 bits per heavy atom. The highest BCUT2D eigenvalue weighted by molar-refractivity contribution is 6.04. The van der Waals surface area contributed by atoms with Crippen LogP contribution in [0, 0.1) is 0 Å². The van der Waals surface area contributed by atoms with Crippen molar-refractivity contribution in [1.82, 2.24) is 9.97 Å². The average Bonchev–Trinajstić information content (AvgIpc) is 2.60. The molecule has 0 radical (unpaired) electrons. The Morgan fingerprint density at radius 2 is 1.27 bits per heavy atom. The van der Waals surface area contributed by atoms with E-state index in [9.17, 15) is 40.7 Å². The van der Waals surface area contributed by atoms with Crippen molar-refractivity contribution in [2.75, 3.05) is 19.8 Å². The largest absolute Gasteiger partial charge is 0.465 e. The summed E-state index contributed by atoms with van der Waals surface area (Å²) in [5, 5.41) is 0. The van der Waals surface area contributed by atoms with Crippen molar-refractivity contribution in [1.29, 1.82) is 0 Å². The van der Waals surface area contributed by atoms with Gasteiger partial charge in [0.2, 0.25) is 5.82 Å². The first-order chi connectivity index (χ1) is 13.8. The maximum absolute atomic E-state index is 13.5. The third kappa shape index (κ3) is 5.79. The molecule has 1 aromatic heterocycles. The summed E-state index contributed by atoms with van der Waals surface area (Å²) in [4.78, 5) is 41.9. The van der Waals surface area contributed by atoms with Crippen LogP contribution >= 0.6 is 0 Å².